The van der Waals surface area contributed by atoms with E-state index in [0.717, 1.165) is 0 Å². The number of hydrogen-bond acceptors (Lipinski definition) is 0. The molecule has 0 saturated carbocycles. The van der Waals surface area contributed by atoms with Crippen molar-refractivity contribution in [2.75, 3.05) is 0 Å². The minimum Gasteiger partial charge on any atom is -0.147 e. The number of benzene rings is 2. The molecule has 194 valence electrons. The van der Waals surface area contributed by atoms with Crippen LogP contribution in [0.4, 0.5) is 0 Å². The predicted molar refractivity (Wildman–Crippen MR) is 170 cm³/mol. The third-order valence-electron chi connectivity index (χ3n) is 6.38. The summed E-state index contributed by atoms with van der Waals surface area (Å²) >= 11 is 1.74. The second-order valence-corrected chi connectivity index (χ2v) is 19.1. The van der Waals surface area contributed by atoms with E-state index in [-0.39, 0.29) is 30.2 Å². The van der Waals surface area contributed by atoms with Crippen molar-refractivity contribution in [1.82, 2.24) is 0 Å². The standard InChI is InChI=1S/2C16H14.C2H6Si.2ClH.Zr/c2*1-12-10-14-8-5-9-15(16(14)11-12)13-6-3-2-4-7-13;1-3-2;;;/h2*2-11,16H,1H3;1-2H3;2*1H;. The van der Waals surface area contributed by atoms with E-state index in [1.54, 1.807) is 23.3 Å². The number of rotatable bonds is 2. The molecule has 2 aromatic carbocycles. The first-order valence-corrected chi connectivity index (χ1v) is 18.8. The van der Waals surface area contributed by atoms with Crippen LogP contribution in [0.3, 0.4) is 0 Å². The zero-order chi connectivity index (χ0) is 25.5. The molecule has 2 atom stereocenters. The van der Waals surface area contributed by atoms with Gasteiger partial charge in [-0.05, 0) is 47.3 Å². The first kappa shape index (κ1) is 32.3. The van der Waals surface area contributed by atoms with Crippen LogP contribution >= 0.6 is 24.8 Å². The maximum atomic E-state index is 2.34. The van der Waals surface area contributed by atoms with Gasteiger partial charge in [-0.2, -0.15) is 0 Å². The number of allylic oxidation sites excluding steroid dienone is 16. The van der Waals surface area contributed by atoms with Crippen molar-refractivity contribution in [1.29, 1.82) is 0 Å². The number of hydrogen-bond donors (Lipinski definition) is 0. The van der Waals surface area contributed by atoms with E-state index in [1.165, 1.54) is 44.6 Å². The van der Waals surface area contributed by atoms with Gasteiger partial charge in [-0.25, -0.2) is 0 Å². The monoisotopic (exact) mass is 632 g/mol. The van der Waals surface area contributed by atoms with Crippen molar-refractivity contribution in [2.45, 2.75) is 26.9 Å². The molecule has 4 aliphatic carbocycles. The fraction of sp³-hybridized carbons (Fsp3) is 0.176. The average Bonchev–Trinajstić information content (AvgIpc) is 3.45. The van der Waals surface area contributed by atoms with E-state index in [1.807, 2.05) is 0 Å². The van der Waals surface area contributed by atoms with Crippen molar-refractivity contribution in [3.05, 3.63) is 155 Å². The van der Waals surface area contributed by atoms with Crippen LogP contribution in [0.5, 0.6) is 0 Å². The van der Waals surface area contributed by atoms with E-state index in [2.05, 4.69) is 148 Å². The fourth-order valence-corrected chi connectivity index (χ4v) is 4.91. The summed E-state index contributed by atoms with van der Waals surface area (Å²) in [7, 11) is 0. The van der Waals surface area contributed by atoms with E-state index in [0.29, 0.717) is 11.8 Å². The predicted octanol–water partition coefficient (Wildman–Crippen LogP) is 9.91. The molecule has 0 nitrogen and oxygen atoms in total. The number of halogens is 2. The van der Waals surface area contributed by atoms with Crippen molar-refractivity contribution in [3.8, 4) is 0 Å². The fourth-order valence-electron chi connectivity index (χ4n) is 4.91. The Morgan fingerprint density at radius 2 is 0.947 bits per heavy atom. The van der Waals surface area contributed by atoms with Gasteiger partial charge in [-0.15, -0.1) is 24.8 Å². The maximum absolute atomic E-state index is 2.34. The quantitative estimate of drug-likeness (QED) is 0.289. The average molecular weight is 635 g/mol. The minimum absolute atomic E-state index is 0. The molecule has 2 aromatic rings. The van der Waals surface area contributed by atoms with Gasteiger partial charge in [0.25, 0.3) is 0 Å². The third-order valence-corrected chi connectivity index (χ3v) is 6.38. The normalized spacial score (nSPS) is 19.4. The van der Waals surface area contributed by atoms with Crippen LogP contribution in [0.25, 0.3) is 11.1 Å². The van der Waals surface area contributed by atoms with Gasteiger partial charge < -0.3 is 0 Å². The molecule has 0 radical (unpaired) electrons. The van der Waals surface area contributed by atoms with Crippen molar-refractivity contribution >= 4 is 41.4 Å². The van der Waals surface area contributed by atoms with Gasteiger partial charge >= 0.3 is 41.9 Å². The summed E-state index contributed by atoms with van der Waals surface area (Å²) < 4.78 is 0. The molecule has 0 heterocycles. The number of fused-ring (bicyclic) bond motifs is 2. The zero-order valence-electron chi connectivity index (χ0n) is 22.5. The second-order valence-electron chi connectivity index (χ2n) is 9.76. The summed E-state index contributed by atoms with van der Waals surface area (Å²) in [6.45, 7) is 8.95. The Kier molecular flexibility index (Phi) is 13.2. The van der Waals surface area contributed by atoms with Gasteiger partial charge in [0.05, 0.1) is 0 Å². The molecule has 0 N–H and O–H groups in total. The summed E-state index contributed by atoms with van der Waals surface area (Å²) in [5.41, 5.74) is 11.3. The minimum atomic E-state index is 0. The van der Waals surface area contributed by atoms with Crippen LogP contribution in [-0.2, 0) is 23.3 Å². The first-order valence-electron chi connectivity index (χ1n) is 12.6. The van der Waals surface area contributed by atoms with Gasteiger partial charge in [0, 0.05) is 11.8 Å². The smallest absolute Gasteiger partial charge is 0.147 e. The Hall–Kier alpha value is -1.96. The molecule has 0 bridgehead atoms. The molecule has 0 fully saturated rings. The van der Waals surface area contributed by atoms with E-state index in [4.69, 9.17) is 0 Å². The maximum Gasteiger partial charge on any atom is -0.147 e. The van der Waals surface area contributed by atoms with Crippen LogP contribution in [0.2, 0.25) is 13.1 Å². The van der Waals surface area contributed by atoms with Gasteiger partial charge in [0.2, 0.25) is 0 Å². The van der Waals surface area contributed by atoms with E-state index >= 15 is 0 Å². The second kappa shape index (κ2) is 15.6. The van der Waals surface area contributed by atoms with Crippen LogP contribution in [0, 0.1) is 11.8 Å². The molecule has 4 aliphatic rings. The van der Waals surface area contributed by atoms with E-state index in [9.17, 15) is 0 Å². The first-order chi connectivity index (χ1) is 17.4. The Morgan fingerprint density at radius 3 is 1.29 bits per heavy atom. The van der Waals surface area contributed by atoms with Crippen LogP contribution in [-0.4, -0.2) is 5.43 Å². The van der Waals surface area contributed by atoms with E-state index < -0.39 is 0 Å². The topological polar surface area (TPSA) is 0 Å². The summed E-state index contributed by atoms with van der Waals surface area (Å²) in [6, 6.07) is 21.3. The third kappa shape index (κ3) is 8.52. The molecule has 0 amide bonds. The SMILES string of the molecule is CC1=CC2C(=C1)C=CC=C2c1ccccc1.CC1=CC2C(=C1)C=CC=C2c1ccccc1.C[Si](C)=[Zr].Cl.Cl. The van der Waals surface area contributed by atoms with Gasteiger partial charge in [0.1, 0.15) is 0 Å². The zero-order valence-corrected chi connectivity index (χ0v) is 27.6. The van der Waals surface area contributed by atoms with Crippen LogP contribution in [0.15, 0.2) is 144 Å². The summed E-state index contributed by atoms with van der Waals surface area (Å²) in [5, 5.41) is 0. The summed E-state index contributed by atoms with van der Waals surface area (Å²) in [6.07, 6.45) is 22.4. The molecule has 4 heteroatoms. The molecule has 0 spiro atoms. The van der Waals surface area contributed by atoms with Crippen molar-refractivity contribution in [3.63, 3.8) is 0 Å². The van der Waals surface area contributed by atoms with Gasteiger partial charge in [0.15, 0.2) is 0 Å². The molecule has 38 heavy (non-hydrogen) atoms. The summed E-state index contributed by atoms with van der Waals surface area (Å²) in [5.74, 6) is 0.930. The molecular formula is C34H36Cl2SiZr. The Labute approximate surface area is 256 Å². The Morgan fingerprint density at radius 1 is 0.605 bits per heavy atom. The largest absolute Gasteiger partial charge is 0.147 e. The molecule has 0 aliphatic heterocycles. The van der Waals surface area contributed by atoms with Gasteiger partial charge in [-0.3, -0.25) is 0 Å². The van der Waals surface area contributed by atoms with Crippen LogP contribution in [0.1, 0.15) is 25.0 Å². The Balaban J connectivity index is 0.000000224. The molecule has 2 unspecified atom stereocenters. The Bertz CT molecular complexity index is 1260. The van der Waals surface area contributed by atoms with Crippen molar-refractivity contribution < 1.29 is 23.3 Å². The molecular weight excluding hydrogens is 599 g/mol. The molecule has 0 saturated heterocycles. The van der Waals surface area contributed by atoms with Gasteiger partial charge in [-0.1, -0.05) is 133 Å². The summed E-state index contributed by atoms with van der Waals surface area (Å²) in [4.78, 5) is 0. The molecule has 6 rings (SSSR count). The molecule has 0 aromatic heterocycles. The van der Waals surface area contributed by atoms with Crippen LogP contribution < -0.4 is 0 Å². The van der Waals surface area contributed by atoms with Crippen molar-refractivity contribution in [2.24, 2.45) is 11.8 Å².